The molecule has 1 aromatic rings. The van der Waals surface area contributed by atoms with E-state index in [0.29, 0.717) is 13.2 Å². The maximum absolute atomic E-state index is 12.2. The Bertz CT molecular complexity index is 487. The predicted octanol–water partition coefficient (Wildman–Crippen LogP) is 2.29. The van der Waals surface area contributed by atoms with Gasteiger partial charge >= 0.3 is 0 Å². The monoisotopic (exact) mass is 282 g/mol. The average molecular weight is 282 g/mol. The maximum Gasteiger partial charge on any atom is 0.237 e. The average Bonchev–Trinajstić information content (AvgIpc) is 2.41. The molecule has 0 aliphatic carbocycles. The summed E-state index contributed by atoms with van der Waals surface area (Å²) in [6.07, 6.45) is 3.53. The standard InChI is InChI=1S/C14H22N2O2S/c1-2-3-7-10-15-11-12-19(17,18)16(13-15)14-8-5-4-6-9-14/h4-6,8-9H,2-3,7,10-13H2,1H3. The van der Waals surface area contributed by atoms with Crippen molar-refractivity contribution in [2.75, 3.05) is 29.8 Å². The van der Waals surface area contributed by atoms with E-state index in [1.807, 2.05) is 30.3 Å². The third-order valence-electron chi connectivity index (χ3n) is 3.45. The van der Waals surface area contributed by atoms with Crippen LogP contribution >= 0.6 is 0 Å². The summed E-state index contributed by atoms with van der Waals surface area (Å²) in [6.45, 7) is 4.29. The third kappa shape index (κ3) is 3.70. The minimum absolute atomic E-state index is 0.216. The summed E-state index contributed by atoms with van der Waals surface area (Å²) in [5.41, 5.74) is 0.766. The predicted molar refractivity (Wildman–Crippen MR) is 78.7 cm³/mol. The van der Waals surface area contributed by atoms with E-state index in [0.717, 1.165) is 18.7 Å². The molecule has 0 spiro atoms. The topological polar surface area (TPSA) is 40.6 Å². The maximum atomic E-state index is 12.2. The fourth-order valence-electron chi connectivity index (χ4n) is 2.30. The normalized spacial score (nSPS) is 19.5. The van der Waals surface area contributed by atoms with E-state index >= 15 is 0 Å². The molecular formula is C14H22N2O2S. The second-order valence-electron chi connectivity index (χ2n) is 4.97. The molecule has 0 amide bonds. The smallest absolute Gasteiger partial charge is 0.237 e. The first-order valence-corrected chi connectivity index (χ1v) is 8.52. The Morgan fingerprint density at radius 2 is 1.89 bits per heavy atom. The fraction of sp³-hybridized carbons (Fsp3) is 0.571. The Hall–Kier alpha value is -1.07. The summed E-state index contributed by atoms with van der Waals surface area (Å²) in [6, 6.07) is 9.36. The summed E-state index contributed by atoms with van der Waals surface area (Å²) < 4.78 is 25.8. The molecule has 4 nitrogen and oxygen atoms in total. The van der Waals surface area contributed by atoms with Crippen molar-refractivity contribution in [2.24, 2.45) is 0 Å². The van der Waals surface area contributed by atoms with Gasteiger partial charge in [-0.15, -0.1) is 0 Å². The van der Waals surface area contributed by atoms with Crippen LogP contribution in [0.1, 0.15) is 26.2 Å². The van der Waals surface area contributed by atoms with E-state index in [1.165, 1.54) is 17.1 Å². The van der Waals surface area contributed by atoms with Gasteiger partial charge in [0.2, 0.25) is 10.0 Å². The molecular weight excluding hydrogens is 260 g/mol. The van der Waals surface area contributed by atoms with Crippen LogP contribution in [0.3, 0.4) is 0 Å². The quantitative estimate of drug-likeness (QED) is 0.778. The summed E-state index contributed by atoms with van der Waals surface area (Å²) >= 11 is 0. The van der Waals surface area contributed by atoms with Crippen LogP contribution in [0.15, 0.2) is 30.3 Å². The molecule has 5 heteroatoms. The van der Waals surface area contributed by atoms with Crippen molar-refractivity contribution in [1.29, 1.82) is 0 Å². The molecule has 1 heterocycles. The van der Waals surface area contributed by atoms with E-state index in [-0.39, 0.29) is 5.75 Å². The number of anilines is 1. The van der Waals surface area contributed by atoms with E-state index in [2.05, 4.69) is 11.8 Å². The molecule has 0 saturated carbocycles. The molecule has 0 radical (unpaired) electrons. The van der Waals surface area contributed by atoms with E-state index in [1.54, 1.807) is 0 Å². The molecule has 19 heavy (non-hydrogen) atoms. The van der Waals surface area contributed by atoms with Gasteiger partial charge < -0.3 is 0 Å². The van der Waals surface area contributed by atoms with E-state index < -0.39 is 10.0 Å². The van der Waals surface area contributed by atoms with Crippen molar-refractivity contribution in [3.05, 3.63) is 30.3 Å². The van der Waals surface area contributed by atoms with Gasteiger partial charge in [-0.3, -0.25) is 9.21 Å². The van der Waals surface area contributed by atoms with Crippen molar-refractivity contribution >= 4 is 15.7 Å². The van der Waals surface area contributed by atoms with Crippen LogP contribution < -0.4 is 4.31 Å². The zero-order valence-corrected chi connectivity index (χ0v) is 12.3. The van der Waals surface area contributed by atoms with Gasteiger partial charge in [0.1, 0.15) is 0 Å². The highest BCUT2D eigenvalue weighted by molar-refractivity contribution is 7.92. The number of hydrogen-bond acceptors (Lipinski definition) is 3. The Balaban J connectivity index is 2.06. The summed E-state index contributed by atoms with van der Waals surface area (Å²) in [4.78, 5) is 2.23. The molecule has 106 valence electrons. The first-order valence-electron chi connectivity index (χ1n) is 6.91. The summed E-state index contributed by atoms with van der Waals surface area (Å²) in [7, 11) is -3.15. The fourth-order valence-corrected chi connectivity index (χ4v) is 3.79. The van der Waals surface area contributed by atoms with Crippen LogP contribution in [-0.4, -0.2) is 38.8 Å². The van der Waals surface area contributed by atoms with Crippen molar-refractivity contribution in [2.45, 2.75) is 26.2 Å². The molecule has 1 aliphatic heterocycles. The molecule has 1 fully saturated rings. The highest BCUT2D eigenvalue weighted by atomic mass is 32.2. The lowest BCUT2D eigenvalue weighted by Crippen LogP contribution is -2.50. The number of rotatable bonds is 5. The number of sulfonamides is 1. The van der Waals surface area contributed by atoms with Crippen LogP contribution in [0.2, 0.25) is 0 Å². The molecule has 1 saturated heterocycles. The largest absolute Gasteiger partial charge is 0.284 e. The Kier molecular flexibility index (Phi) is 4.82. The zero-order valence-electron chi connectivity index (χ0n) is 11.5. The SMILES string of the molecule is CCCCCN1CCS(=O)(=O)N(c2ccccc2)C1. The first kappa shape index (κ1) is 14.3. The lowest BCUT2D eigenvalue weighted by Gasteiger charge is -2.36. The minimum atomic E-state index is -3.15. The zero-order chi connectivity index (χ0) is 13.7. The van der Waals surface area contributed by atoms with E-state index in [4.69, 9.17) is 0 Å². The van der Waals surface area contributed by atoms with Crippen LogP contribution in [0.25, 0.3) is 0 Å². The number of para-hydroxylation sites is 1. The van der Waals surface area contributed by atoms with Crippen LogP contribution in [0.4, 0.5) is 5.69 Å². The van der Waals surface area contributed by atoms with Gasteiger partial charge in [-0.25, -0.2) is 8.42 Å². The molecule has 2 rings (SSSR count). The molecule has 0 unspecified atom stereocenters. The lowest BCUT2D eigenvalue weighted by atomic mass is 10.2. The number of benzene rings is 1. The molecule has 0 N–H and O–H groups in total. The molecule has 0 atom stereocenters. The second-order valence-corrected chi connectivity index (χ2v) is 6.98. The lowest BCUT2D eigenvalue weighted by molar-refractivity contribution is 0.281. The van der Waals surface area contributed by atoms with Crippen molar-refractivity contribution < 1.29 is 8.42 Å². The Labute approximate surface area is 116 Å². The Morgan fingerprint density at radius 3 is 2.58 bits per heavy atom. The molecule has 0 aromatic heterocycles. The van der Waals surface area contributed by atoms with Gasteiger partial charge in [-0.1, -0.05) is 38.0 Å². The highest BCUT2D eigenvalue weighted by Crippen LogP contribution is 2.21. The van der Waals surface area contributed by atoms with Crippen LogP contribution in [-0.2, 0) is 10.0 Å². The van der Waals surface area contributed by atoms with Crippen LogP contribution in [0.5, 0.6) is 0 Å². The van der Waals surface area contributed by atoms with Gasteiger partial charge in [0, 0.05) is 6.54 Å². The van der Waals surface area contributed by atoms with Crippen molar-refractivity contribution in [3.8, 4) is 0 Å². The summed E-state index contributed by atoms with van der Waals surface area (Å²) in [5, 5.41) is 0. The third-order valence-corrected chi connectivity index (χ3v) is 5.15. The minimum Gasteiger partial charge on any atom is -0.284 e. The Morgan fingerprint density at radius 1 is 1.16 bits per heavy atom. The number of unbranched alkanes of at least 4 members (excludes halogenated alkanes) is 2. The van der Waals surface area contributed by atoms with Crippen molar-refractivity contribution in [1.82, 2.24) is 4.90 Å². The number of nitrogens with zero attached hydrogens (tertiary/aromatic N) is 2. The van der Waals surface area contributed by atoms with Crippen molar-refractivity contribution in [3.63, 3.8) is 0 Å². The highest BCUT2D eigenvalue weighted by Gasteiger charge is 2.29. The van der Waals surface area contributed by atoms with Crippen LogP contribution in [0, 0.1) is 0 Å². The molecule has 1 aromatic carbocycles. The van der Waals surface area contributed by atoms with Gasteiger partial charge in [-0.05, 0) is 25.1 Å². The number of hydrogen-bond donors (Lipinski definition) is 0. The van der Waals surface area contributed by atoms with Gasteiger partial charge in [0.15, 0.2) is 0 Å². The molecule has 0 bridgehead atoms. The summed E-state index contributed by atoms with van der Waals surface area (Å²) in [5.74, 6) is 0.216. The second kappa shape index (κ2) is 6.39. The first-order chi connectivity index (χ1) is 9.13. The van der Waals surface area contributed by atoms with Gasteiger partial charge in [0.25, 0.3) is 0 Å². The van der Waals surface area contributed by atoms with Gasteiger partial charge in [0.05, 0.1) is 18.1 Å². The van der Waals surface area contributed by atoms with E-state index in [9.17, 15) is 8.42 Å². The van der Waals surface area contributed by atoms with Gasteiger partial charge in [-0.2, -0.15) is 0 Å². The molecule has 1 aliphatic rings.